The summed E-state index contributed by atoms with van der Waals surface area (Å²) in [5.74, 6) is 7.76. The summed E-state index contributed by atoms with van der Waals surface area (Å²) in [6.07, 6.45) is 0.841. The van der Waals surface area contributed by atoms with Crippen LogP contribution in [0, 0.1) is 13.8 Å². The van der Waals surface area contributed by atoms with Gasteiger partial charge in [-0.15, -0.1) is 0 Å². The summed E-state index contributed by atoms with van der Waals surface area (Å²) in [5, 5.41) is 0. The number of rotatable bonds is 4. The zero-order valence-corrected chi connectivity index (χ0v) is 12.3. The molecule has 0 aliphatic heterocycles. The van der Waals surface area contributed by atoms with E-state index in [0.717, 1.165) is 34.6 Å². The maximum Gasteiger partial charge on any atom is 0.161 e. The zero-order chi connectivity index (χ0) is 14.7. The number of methoxy groups -OCH3 is 1. The van der Waals surface area contributed by atoms with Crippen LogP contribution in [0.2, 0.25) is 0 Å². The fourth-order valence-electron chi connectivity index (χ4n) is 2.29. The van der Waals surface area contributed by atoms with E-state index in [1.807, 2.05) is 32.0 Å². The Bertz CT molecular complexity index is 626. The maximum absolute atomic E-state index is 5.56. The minimum atomic E-state index is 0.665. The van der Waals surface area contributed by atoms with Crippen molar-refractivity contribution in [2.75, 3.05) is 12.5 Å². The van der Waals surface area contributed by atoms with Crippen LogP contribution in [0.1, 0.15) is 23.7 Å². The molecule has 1 aromatic heterocycles. The number of hydrazine groups is 1. The Kier molecular flexibility index (Phi) is 4.20. The van der Waals surface area contributed by atoms with Crippen molar-refractivity contribution in [3.8, 4) is 17.1 Å². The molecular weight excluding hydrogens is 252 g/mol. The van der Waals surface area contributed by atoms with E-state index in [0.29, 0.717) is 11.6 Å². The predicted molar refractivity (Wildman–Crippen MR) is 80.7 cm³/mol. The van der Waals surface area contributed by atoms with Gasteiger partial charge in [0, 0.05) is 16.8 Å². The molecular formula is C15H20N4O. The van der Waals surface area contributed by atoms with Crippen LogP contribution in [0.25, 0.3) is 11.4 Å². The number of nitrogen functional groups attached to an aromatic ring is 1. The van der Waals surface area contributed by atoms with Crippen LogP contribution in [0.15, 0.2) is 18.2 Å². The summed E-state index contributed by atoms with van der Waals surface area (Å²) >= 11 is 0. The van der Waals surface area contributed by atoms with Gasteiger partial charge in [0.2, 0.25) is 0 Å². The van der Waals surface area contributed by atoms with E-state index >= 15 is 0 Å². The van der Waals surface area contributed by atoms with Gasteiger partial charge in [0.05, 0.1) is 7.11 Å². The number of aromatic nitrogens is 2. The fourth-order valence-corrected chi connectivity index (χ4v) is 2.29. The van der Waals surface area contributed by atoms with Gasteiger partial charge in [0.15, 0.2) is 5.82 Å². The molecule has 0 aliphatic carbocycles. The third-order valence-electron chi connectivity index (χ3n) is 3.36. The minimum Gasteiger partial charge on any atom is -0.496 e. The van der Waals surface area contributed by atoms with E-state index in [-0.39, 0.29) is 0 Å². The quantitative estimate of drug-likeness (QED) is 0.661. The molecule has 1 heterocycles. The summed E-state index contributed by atoms with van der Waals surface area (Å²) in [5.41, 5.74) is 6.64. The third kappa shape index (κ3) is 2.58. The SMILES string of the molecule is CCc1c(C)nc(-c2ccc(OC)c(C)c2)nc1NN. The van der Waals surface area contributed by atoms with E-state index < -0.39 is 0 Å². The van der Waals surface area contributed by atoms with Gasteiger partial charge in [-0.1, -0.05) is 6.92 Å². The topological polar surface area (TPSA) is 73.1 Å². The summed E-state index contributed by atoms with van der Waals surface area (Å²) < 4.78 is 5.27. The van der Waals surface area contributed by atoms with Crippen molar-refractivity contribution in [2.24, 2.45) is 5.84 Å². The average molecular weight is 272 g/mol. The van der Waals surface area contributed by atoms with Gasteiger partial charge in [-0.3, -0.25) is 0 Å². The molecule has 106 valence electrons. The van der Waals surface area contributed by atoms with Crippen LogP contribution < -0.4 is 16.0 Å². The molecule has 0 unspecified atom stereocenters. The molecule has 20 heavy (non-hydrogen) atoms. The summed E-state index contributed by atoms with van der Waals surface area (Å²) in [6, 6.07) is 5.89. The van der Waals surface area contributed by atoms with Gasteiger partial charge < -0.3 is 10.2 Å². The molecule has 3 N–H and O–H groups in total. The van der Waals surface area contributed by atoms with E-state index in [9.17, 15) is 0 Å². The lowest BCUT2D eigenvalue weighted by molar-refractivity contribution is 0.412. The minimum absolute atomic E-state index is 0.665. The fraction of sp³-hybridized carbons (Fsp3) is 0.333. The number of hydrogen-bond donors (Lipinski definition) is 2. The summed E-state index contributed by atoms with van der Waals surface area (Å²) in [4.78, 5) is 9.07. The number of aryl methyl sites for hydroxylation is 2. The number of nitrogens with two attached hydrogens (primary N) is 1. The van der Waals surface area contributed by atoms with Crippen molar-refractivity contribution < 1.29 is 4.74 Å². The van der Waals surface area contributed by atoms with Gasteiger partial charge in [-0.25, -0.2) is 15.8 Å². The van der Waals surface area contributed by atoms with Gasteiger partial charge in [-0.2, -0.15) is 0 Å². The number of ether oxygens (including phenoxy) is 1. The molecule has 0 amide bonds. The van der Waals surface area contributed by atoms with Crippen LogP contribution in [-0.2, 0) is 6.42 Å². The second kappa shape index (κ2) is 5.88. The average Bonchev–Trinajstić information content (AvgIpc) is 2.46. The normalized spacial score (nSPS) is 10.4. The second-order valence-corrected chi connectivity index (χ2v) is 4.64. The molecule has 0 bridgehead atoms. The molecule has 5 nitrogen and oxygen atoms in total. The number of nitrogens with zero attached hydrogens (tertiary/aromatic N) is 2. The Morgan fingerprint density at radius 1 is 1.25 bits per heavy atom. The number of nitrogens with one attached hydrogen (secondary N) is 1. The van der Waals surface area contributed by atoms with Crippen molar-refractivity contribution in [1.29, 1.82) is 0 Å². The first kappa shape index (κ1) is 14.3. The monoisotopic (exact) mass is 272 g/mol. The van der Waals surface area contributed by atoms with E-state index in [1.54, 1.807) is 7.11 Å². The van der Waals surface area contributed by atoms with Crippen LogP contribution in [0.3, 0.4) is 0 Å². The molecule has 0 atom stereocenters. The van der Waals surface area contributed by atoms with Gasteiger partial charge in [-0.05, 0) is 44.0 Å². The summed E-state index contributed by atoms with van der Waals surface area (Å²) in [7, 11) is 1.66. The highest BCUT2D eigenvalue weighted by atomic mass is 16.5. The van der Waals surface area contributed by atoms with Gasteiger partial charge >= 0.3 is 0 Å². The van der Waals surface area contributed by atoms with E-state index in [2.05, 4.69) is 22.3 Å². The highest BCUT2D eigenvalue weighted by molar-refractivity contribution is 5.62. The lowest BCUT2D eigenvalue weighted by Crippen LogP contribution is -2.13. The Morgan fingerprint density at radius 2 is 2.00 bits per heavy atom. The van der Waals surface area contributed by atoms with Crippen molar-refractivity contribution >= 4 is 5.82 Å². The van der Waals surface area contributed by atoms with Crippen LogP contribution in [-0.4, -0.2) is 17.1 Å². The lowest BCUT2D eigenvalue weighted by Gasteiger charge is -2.12. The zero-order valence-electron chi connectivity index (χ0n) is 12.3. The Morgan fingerprint density at radius 3 is 2.55 bits per heavy atom. The van der Waals surface area contributed by atoms with Gasteiger partial charge in [0.25, 0.3) is 0 Å². The first-order valence-corrected chi connectivity index (χ1v) is 6.59. The highest BCUT2D eigenvalue weighted by Crippen LogP contribution is 2.26. The number of hydrogen-bond acceptors (Lipinski definition) is 5. The highest BCUT2D eigenvalue weighted by Gasteiger charge is 2.11. The predicted octanol–water partition coefficient (Wildman–Crippen LogP) is 2.62. The molecule has 0 fully saturated rings. The smallest absolute Gasteiger partial charge is 0.161 e. The first-order chi connectivity index (χ1) is 9.60. The van der Waals surface area contributed by atoms with E-state index in [4.69, 9.17) is 10.6 Å². The molecule has 0 spiro atoms. The molecule has 2 aromatic rings. The molecule has 0 saturated carbocycles. The standard InChI is InChI=1S/C15H20N4O/c1-5-12-10(3)17-14(18-15(12)19-16)11-6-7-13(20-4)9(2)8-11/h6-8H,5,16H2,1-4H3,(H,17,18,19). The van der Waals surface area contributed by atoms with Gasteiger partial charge in [0.1, 0.15) is 11.6 Å². The number of anilines is 1. The first-order valence-electron chi connectivity index (χ1n) is 6.59. The number of benzene rings is 1. The Balaban J connectivity index is 2.53. The van der Waals surface area contributed by atoms with Crippen molar-refractivity contribution in [3.63, 3.8) is 0 Å². The molecule has 2 rings (SSSR count). The van der Waals surface area contributed by atoms with Crippen LogP contribution in [0.4, 0.5) is 5.82 Å². The maximum atomic E-state index is 5.56. The summed E-state index contributed by atoms with van der Waals surface area (Å²) in [6.45, 7) is 6.03. The molecule has 5 heteroatoms. The molecule has 0 aliphatic rings. The van der Waals surface area contributed by atoms with Crippen LogP contribution >= 0.6 is 0 Å². The molecule has 0 saturated heterocycles. The largest absolute Gasteiger partial charge is 0.496 e. The molecule has 0 radical (unpaired) electrons. The van der Waals surface area contributed by atoms with Crippen molar-refractivity contribution in [1.82, 2.24) is 9.97 Å². The Labute approximate surface area is 119 Å². The lowest BCUT2D eigenvalue weighted by atomic mass is 10.1. The van der Waals surface area contributed by atoms with Crippen LogP contribution in [0.5, 0.6) is 5.75 Å². The van der Waals surface area contributed by atoms with Crippen molar-refractivity contribution in [2.45, 2.75) is 27.2 Å². The van der Waals surface area contributed by atoms with E-state index in [1.165, 1.54) is 0 Å². The Hall–Kier alpha value is -2.14. The van der Waals surface area contributed by atoms with Crippen molar-refractivity contribution in [3.05, 3.63) is 35.0 Å². The molecule has 1 aromatic carbocycles. The third-order valence-corrected chi connectivity index (χ3v) is 3.36. The second-order valence-electron chi connectivity index (χ2n) is 4.64.